The normalized spacial score (nSPS) is 21.3. The van der Waals surface area contributed by atoms with Gasteiger partial charge in [-0.05, 0) is 24.3 Å². The molecule has 1 aliphatic rings. The zero-order valence-corrected chi connectivity index (χ0v) is 14.1. The molecule has 116 valence electrons. The Hall–Kier alpha value is -1.00. The van der Waals surface area contributed by atoms with Gasteiger partial charge in [-0.2, -0.15) is 0 Å². The molecule has 1 aromatic rings. The molecule has 0 spiro atoms. The molecule has 1 aromatic carbocycles. The van der Waals surface area contributed by atoms with E-state index in [-0.39, 0.29) is 17.4 Å². The number of thioether (sulfide) groups is 1. The maximum atomic E-state index is 12.3. The van der Waals surface area contributed by atoms with Crippen LogP contribution in [0.15, 0.2) is 24.3 Å². The molecule has 3 nitrogen and oxygen atoms in total. The highest BCUT2D eigenvalue weighted by Gasteiger charge is 2.35. The average Bonchev–Trinajstić information content (AvgIpc) is 2.42. The molecule has 4 heteroatoms. The number of benzene rings is 1. The lowest BCUT2D eigenvalue weighted by Gasteiger charge is -2.42. The van der Waals surface area contributed by atoms with Crippen molar-refractivity contribution in [3.05, 3.63) is 35.4 Å². The fourth-order valence-electron chi connectivity index (χ4n) is 2.74. The molecule has 0 aliphatic carbocycles. The summed E-state index contributed by atoms with van der Waals surface area (Å²) in [5, 5.41) is 0. The van der Waals surface area contributed by atoms with Crippen molar-refractivity contribution in [3.8, 4) is 0 Å². The number of nitrogens with zero attached hydrogens (tertiary/aromatic N) is 1. The standard InChI is InChI=1S/C17H26N2OS/c1-13-5-4-6-14(9-13)10-21-11-16(20)19-8-7-15(18)17(2,3)12-19/h4-6,9,15H,7-8,10-12,18H2,1-3H3. The van der Waals surface area contributed by atoms with Crippen molar-refractivity contribution in [2.75, 3.05) is 18.8 Å². The second-order valence-electron chi connectivity index (χ2n) is 6.68. The number of nitrogens with two attached hydrogens (primary N) is 1. The zero-order chi connectivity index (χ0) is 15.5. The molecule has 1 unspecified atom stereocenters. The summed E-state index contributed by atoms with van der Waals surface area (Å²) in [6.07, 6.45) is 0.904. The summed E-state index contributed by atoms with van der Waals surface area (Å²) in [5.41, 5.74) is 8.70. The Morgan fingerprint density at radius 2 is 2.24 bits per heavy atom. The zero-order valence-electron chi connectivity index (χ0n) is 13.3. The van der Waals surface area contributed by atoms with Crippen LogP contribution in [0.3, 0.4) is 0 Å². The van der Waals surface area contributed by atoms with Crippen LogP contribution >= 0.6 is 11.8 Å². The summed E-state index contributed by atoms with van der Waals surface area (Å²) in [4.78, 5) is 14.3. The Morgan fingerprint density at radius 3 is 2.90 bits per heavy atom. The molecule has 0 radical (unpaired) electrons. The molecule has 21 heavy (non-hydrogen) atoms. The van der Waals surface area contributed by atoms with Gasteiger partial charge in [0.15, 0.2) is 0 Å². The number of rotatable bonds is 4. The molecule has 1 heterocycles. The van der Waals surface area contributed by atoms with E-state index in [1.165, 1.54) is 11.1 Å². The molecule has 2 N–H and O–H groups in total. The van der Waals surface area contributed by atoms with Crippen LogP contribution < -0.4 is 5.73 Å². The van der Waals surface area contributed by atoms with Crippen molar-refractivity contribution in [3.63, 3.8) is 0 Å². The van der Waals surface area contributed by atoms with Gasteiger partial charge < -0.3 is 10.6 Å². The van der Waals surface area contributed by atoms with E-state index in [1.807, 2.05) is 4.90 Å². The molecule has 1 amide bonds. The number of amides is 1. The smallest absolute Gasteiger partial charge is 0.232 e. The number of hydrogen-bond acceptors (Lipinski definition) is 3. The predicted octanol–water partition coefficient (Wildman–Crippen LogP) is 2.81. The van der Waals surface area contributed by atoms with Gasteiger partial charge in [-0.25, -0.2) is 0 Å². The van der Waals surface area contributed by atoms with E-state index in [9.17, 15) is 4.79 Å². The fraction of sp³-hybridized carbons (Fsp3) is 0.588. The van der Waals surface area contributed by atoms with Gasteiger partial charge in [0.05, 0.1) is 5.75 Å². The molecule has 2 rings (SSSR count). The first-order valence-corrected chi connectivity index (χ1v) is 8.70. The van der Waals surface area contributed by atoms with Gasteiger partial charge in [0, 0.05) is 24.9 Å². The van der Waals surface area contributed by atoms with Crippen molar-refractivity contribution in [2.45, 2.75) is 39.0 Å². The van der Waals surface area contributed by atoms with Gasteiger partial charge in [-0.15, -0.1) is 11.8 Å². The van der Waals surface area contributed by atoms with Crippen molar-refractivity contribution in [2.24, 2.45) is 11.1 Å². The Bertz CT molecular complexity index is 501. The van der Waals surface area contributed by atoms with E-state index in [0.29, 0.717) is 5.75 Å². The van der Waals surface area contributed by atoms with Crippen LogP contribution in [-0.2, 0) is 10.5 Å². The maximum Gasteiger partial charge on any atom is 0.232 e. The van der Waals surface area contributed by atoms with Crippen molar-refractivity contribution in [1.82, 2.24) is 4.90 Å². The van der Waals surface area contributed by atoms with Crippen molar-refractivity contribution >= 4 is 17.7 Å². The van der Waals surface area contributed by atoms with E-state index >= 15 is 0 Å². The lowest BCUT2D eigenvalue weighted by atomic mass is 9.80. The third-order valence-electron chi connectivity index (χ3n) is 4.24. The van der Waals surface area contributed by atoms with Gasteiger partial charge >= 0.3 is 0 Å². The number of carbonyl (C=O) groups excluding carboxylic acids is 1. The Morgan fingerprint density at radius 1 is 1.48 bits per heavy atom. The number of aryl methyl sites for hydroxylation is 1. The number of carbonyl (C=O) groups is 1. The largest absolute Gasteiger partial charge is 0.341 e. The highest BCUT2D eigenvalue weighted by atomic mass is 32.2. The second-order valence-corrected chi connectivity index (χ2v) is 7.67. The van der Waals surface area contributed by atoms with Gasteiger partial charge in [0.25, 0.3) is 0 Å². The summed E-state index contributed by atoms with van der Waals surface area (Å²) in [6, 6.07) is 8.66. The summed E-state index contributed by atoms with van der Waals surface area (Å²) < 4.78 is 0. The molecule has 1 saturated heterocycles. The van der Waals surface area contributed by atoms with E-state index in [2.05, 4.69) is 45.0 Å². The van der Waals surface area contributed by atoms with Gasteiger partial charge in [-0.1, -0.05) is 43.7 Å². The van der Waals surface area contributed by atoms with Crippen LogP contribution in [0.2, 0.25) is 0 Å². The van der Waals surface area contributed by atoms with E-state index in [1.54, 1.807) is 11.8 Å². The quantitative estimate of drug-likeness (QED) is 0.930. The van der Waals surface area contributed by atoms with Crippen LogP contribution in [0.1, 0.15) is 31.4 Å². The molecule has 0 bridgehead atoms. The van der Waals surface area contributed by atoms with Crippen molar-refractivity contribution in [1.29, 1.82) is 0 Å². The molecule has 1 aliphatic heterocycles. The summed E-state index contributed by atoms with van der Waals surface area (Å²) >= 11 is 1.70. The summed E-state index contributed by atoms with van der Waals surface area (Å²) in [6.45, 7) is 7.97. The Labute approximate surface area is 132 Å². The molecule has 1 fully saturated rings. The van der Waals surface area contributed by atoms with Crippen LogP contribution in [0, 0.1) is 12.3 Å². The predicted molar refractivity (Wildman–Crippen MR) is 90.3 cm³/mol. The molecular formula is C17H26N2OS. The lowest BCUT2D eigenvalue weighted by Crippen LogP contribution is -2.54. The first-order valence-electron chi connectivity index (χ1n) is 7.55. The van der Waals surface area contributed by atoms with Crippen LogP contribution in [0.5, 0.6) is 0 Å². The minimum absolute atomic E-state index is 0.0229. The van der Waals surface area contributed by atoms with Crippen LogP contribution in [0.25, 0.3) is 0 Å². The first-order chi connectivity index (χ1) is 9.88. The van der Waals surface area contributed by atoms with Crippen LogP contribution in [-0.4, -0.2) is 35.7 Å². The summed E-state index contributed by atoms with van der Waals surface area (Å²) in [5.74, 6) is 1.69. The minimum atomic E-state index is 0.0229. The van der Waals surface area contributed by atoms with E-state index in [4.69, 9.17) is 5.73 Å². The van der Waals surface area contributed by atoms with E-state index in [0.717, 1.165) is 25.3 Å². The molecule has 0 saturated carbocycles. The Balaban J connectivity index is 1.80. The minimum Gasteiger partial charge on any atom is -0.341 e. The van der Waals surface area contributed by atoms with Gasteiger partial charge in [0.1, 0.15) is 0 Å². The third-order valence-corrected chi connectivity index (χ3v) is 5.23. The maximum absolute atomic E-state index is 12.3. The average molecular weight is 306 g/mol. The van der Waals surface area contributed by atoms with E-state index < -0.39 is 0 Å². The highest BCUT2D eigenvalue weighted by molar-refractivity contribution is 7.99. The SMILES string of the molecule is Cc1cccc(CSCC(=O)N2CCC(N)C(C)(C)C2)c1. The van der Waals surface area contributed by atoms with Crippen molar-refractivity contribution < 1.29 is 4.79 Å². The first kappa shape index (κ1) is 16.4. The lowest BCUT2D eigenvalue weighted by molar-refractivity contribution is -0.131. The summed E-state index contributed by atoms with van der Waals surface area (Å²) in [7, 11) is 0. The second kappa shape index (κ2) is 6.84. The molecular weight excluding hydrogens is 280 g/mol. The number of likely N-dealkylation sites (tertiary alicyclic amines) is 1. The third kappa shape index (κ3) is 4.48. The van der Waals surface area contributed by atoms with Gasteiger partial charge in [0.2, 0.25) is 5.91 Å². The number of piperidine rings is 1. The monoisotopic (exact) mass is 306 g/mol. The van der Waals surface area contributed by atoms with Crippen LogP contribution in [0.4, 0.5) is 0 Å². The molecule has 1 atom stereocenters. The fourth-order valence-corrected chi connectivity index (χ4v) is 3.61. The molecule has 0 aromatic heterocycles. The van der Waals surface area contributed by atoms with Gasteiger partial charge in [-0.3, -0.25) is 4.79 Å². The number of hydrogen-bond donors (Lipinski definition) is 1. The topological polar surface area (TPSA) is 46.3 Å². The Kier molecular flexibility index (Phi) is 5.33. The highest BCUT2D eigenvalue weighted by Crippen LogP contribution is 2.28.